The van der Waals surface area contributed by atoms with Crippen molar-refractivity contribution in [2.45, 2.75) is 51.6 Å². The average Bonchev–Trinajstić information content (AvgIpc) is 3.17. The van der Waals surface area contributed by atoms with Crippen molar-refractivity contribution in [2.24, 2.45) is 29.6 Å². The summed E-state index contributed by atoms with van der Waals surface area (Å²) >= 11 is 0. The Labute approximate surface area is 222 Å². The molecule has 2 aromatic carbocycles. The second kappa shape index (κ2) is 9.57. The first kappa shape index (κ1) is 23.4. The second-order valence-electron chi connectivity index (χ2n) is 11.8. The number of aromatic nitrogens is 3. The zero-order valence-electron chi connectivity index (χ0n) is 21.6. The number of hydrogen-bond donors (Lipinski definition) is 1. The molecule has 8 rings (SSSR count). The van der Waals surface area contributed by atoms with Crippen molar-refractivity contribution in [2.75, 3.05) is 5.32 Å². The Morgan fingerprint density at radius 1 is 0.763 bits per heavy atom. The summed E-state index contributed by atoms with van der Waals surface area (Å²) in [6.45, 7) is 0.897. The van der Waals surface area contributed by atoms with Crippen LogP contribution in [0, 0.1) is 29.6 Å². The quantitative estimate of drug-likeness (QED) is 0.350. The summed E-state index contributed by atoms with van der Waals surface area (Å²) in [5.74, 6) is 4.32. The Kier molecular flexibility index (Phi) is 5.91. The maximum Gasteiger partial charge on any atom is 0.330 e. The van der Waals surface area contributed by atoms with Crippen LogP contribution in [0.15, 0.2) is 77.6 Å². The number of anilines is 1. The molecule has 4 aliphatic carbocycles. The molecule has 2 aromatic heterocycles. The first-order valence-corrected chi connectivity index (χ1v) is 14.1. The van der Waals surface area contributed by atoms with E-state index in [0.717, 1.165) is 40.3 Å². The third kappa shape index (κ3) is 4.36. The van der Waals surface area contributed by atoms with Gasteiger partial charge in [0.2, 0.25) is 5.91 Å². The minimum absolute atomic E-state index is 0.0509. The van der Waals surface area contributed by atoms with E-state index in [4.69, 9.17) is 4.98 Å². The summed E-state index contributed by atoms with van der Waals surface area (Å²) in [6.07, 6.45) is 7.27. The number of imidazole rings is 1. The van der Waals surface area contributed by atoms with E-state index in [-0.39, 0.29) is 11.6 Å². The maximum absolute atomic E-state index is 13.6. The first-order chi connectivity index (χ1) is 18.6. The zero-order valence-corrected chi connectivity index (χ0v) is 21.6. The van der Waals surface area contributed by atoms with Crippen molar-refractivity contribution in [3.05, 3.63) is 94.4 Å². The molecule has 0 spiro atoms. The Balaban J connectivity index is 1.17. The van der Waals surface area contributed by atoms with Crippen LogP contribution < -0.4 is 11.0 Å². The normalized spacial score (nSPS) is 25.6. The van der Waals surface area contributed by atoms with Crippen LogP contribution in [-0.2, 0) is 17.9 Å². The highest BCUT2D eigenvalue weighted by molar-refractivity contribution is 5.91. The van der Waals surface area contributed by atoms with Gasteiger partial charge in [0.25, 0.3) is 0 Å². The monoisotopic (exact) mass is 506 g/mol. The van der Waals surface area contributed by atoms with Gasteiger partial charge < -0.3 is 5.32 Å². The summed E-state index contributed by atoms with van der Waals surface area (Å²) in [4.78, 5) is 31.7. The number of carbonyl (C=O) groups is 1. The number of rotatable bonds is 7. The van der Waals surface area contributed by atoms with Gasteiger partial charge in [-0.3, -0.25) is 13.9 Å². The molecule has 194 valence electrons. The lowest BCUT2D eigenvalue weighted by Crippen LogP contribution is -2.46. The number of fused-ring (bicyclic) bond motifs is 1. The Morgan fingerprint density at radius 2 is 1.34 bits per heavy atom. The van der Waals surface area contributed by atoms with Crippen molar-refractivity contribution in [3.63, 3.8) is 0 Å². The third-order valence-electron chi connectivity index (χ3n) is 9.34. The summed E-state index contributed by atoms with van der Waals surface area (Å²) in [5.41, 5.74) is 3.36. The van der Waals surface area contributed by atoms with E-state index in [1.807, 2.05) is 72.8 Å². The number of hydrogen-bond acceptors (Lipinski definition) is 3. The first-order valence-electron chi connectivity index (χ1n) is 14.1. The molecule has 6 heteroatoms. The van der Waals surface area contributed by atoms with Crippen molar-refractivity contribution in [1.82, 2.24) is 14.1 Å². The van der Waals surface area contributed by atoms with Crippen molar-refractivity contribution >= 4 is 22.9 Å². The smallest absolute Gasteiger partial charge is 0.311 e. The molecule has 4 aromatic rings. The SMILES string of the molecule is O=C(CC1C2CC3CC(C2)CC1C3)Nc1ccc2c(n1)n(Cc1ccccc1)c(=O)n2Cc1ccccc1. The van der Waals surface area contributed by atoms with Gasteiger partial charge in [-0.25, -0.2) is 9.78 Å². The number of carbonyl (C=O) groups excluding carboxylic acids is 1. The van der Waals surface area contributed by atoms with Crippen LogP contribution in [0.25, 0.3) is 11.2 Å². The number of amides is 1. The Bertz CT molecular complexity index is 1490. The molecule has 4 saturated carbocycles. The van der Waals surface area contributed by atoms with Crippen molar-refractivity contribution in [3.8, 4) is 0 Å². The zero-order chi connectivity index (χ0) is 25.6. The lowest BCUT2D eigenvalue weighted by Gasteiger charge is -2.54. The summed E-state index contributed by atoms with van der Waals surface area (Å²) in [7, 11) is 0. The van der Waals surface area contributed by atoms with E-state index in [1.54, 1.807) is 9.13 Å². The van der Waals surface area contributed by atoms with Gasteiger partial charge in [0.05, 0.1) is 18.6 Å². The molecular formula is C32H34N4O2. The lowest BCUT2D eigenvalue weighted by molar-refractivity contribution is -0.121. The number of pyridine rings is 1. The van der Waals surface area contributed by atoms with Crippen LogP contribution in [0.3, 0.4) is 0 Å². The molecule has 0 saturated heterocycles. The van der Waals surface area contributed by atoms with Crippen LogP contribution in [0.1, 0.15) is 49.7 Å². The number of nitrogens with one attached hydrogen (secondary N) is 1. The fourth-order valence-electron chi connectivity index (χ4n) is 7.87. The van der Waals surface area contributed by atoms with Gasteiger partial charge in [-0.2, -0.15) is 0 Å². The van der Waals surface area contributed by atoms with Gasteiger partial charge in [-0.05, 0) is 85.0 Å². The summed E-state index contributed by atoms with van der Waals surface area (Å²) < 4.78 is 3.50. The van der Waals surface area contributed by atoms with E-state index < -0.39 is 0 Å². The summed E-state index contributed by atoms with van der Waals surface area (Å²) in [5, 5.41) is 3.09. The van der Waals surface area contributed by atoms with Gasteiger partial charge in [-0.15, -0.1) is 0 Å². The molecule has 0 atom stereocenters. The van der Waals surface area contributed by atoms with Gasteiger partial charge in [0.15, 0.2) is 5.65 Å². The molecule has 1 amide bonds. The van der Waals surface area contributed by atoms with Crippen LogP contribution in [0.4, 0.5) is 5.82 Å². The highest BCUT2D eigenvalue weighted by Crippen LogP contribution is 2.57. The Hall–Kier alpha value is -3.67. The molecule has 4 bridgehead atoms. The largest absolute Gasteiger partial charge is 0.330 e. The second-order valence-corrected chi connectivity index (χ2v) is 11.8. The molecule has 0 aliphatic heterocycles. The van der Waals surface area contributed by atoms with Crippen LogP contribution >= 0.6 is 0 Å². The van der Waals surface area contributed by atoms with E-state index in [1.165, 1.54) is 32.1 Å². The fraction of sp³-hybridized carbons (Fsp3) is 0.406. The molecule has 2 heterocycles. The molecule has 0 radical (unpaired) electrons. The molecule has 4 aliphatic rings. The minimum atomic E-state index is -0.0997. The molecule has 0 unspecified atom stereocenters. The molecule has 6 nitrogen and oxygen atoms in total. The molecular weight excluding hydrogens is 472 g/mol. The lowest BCUT2D eigenvalue weighted by atomic mass is 9.51. The topological polar surface area (TPSA) is 68.9 Å². The number of nitrogens with zero attached hydrogens (tertiary/aromatic N) is 3. The maximum atomic E-state index is 13.6. The van der Waals surface area contributed by atoms with Crippen LogP contribution in [0.5, 0.6) is 0 Å². The number of benzene rings is 2. The van der Waals surface area contributed by atoms with Crippen LogP contribution in [0.2, 0.25) is 0 Å². The molecule has 4 fully saturated rings. The minimum Gasteiger partial charge on any atom is -0.311 e. The van der Waals surface area contributed by atoms with Crippen molar-refractivity contribution in [1.29, 1.82) is 0 Å². The fourth-order valence-corrected chi connectivity index (χ4v) is 7.87. The predicted octanol–water partition coefficient (Wildman–Crippen LogP) is 5.70. The molecule has 1 N–H and O–H groups in total. The van der Waals surface area contributed by atoms with Gasteiger partial charge in [0.1, 0.15) is 5.82 Å². The van der Waals surface area contributed by atoms with Gasteiger partial charge in [0, 0.05) is 6.42 Å². The van der Waals surface area contributed by atoms with E-state index in [9.17, 15) is 9.59 Å². The van der Waals surface area contributed by atoms with Gasteiger partial charge >= 0.3 is 5.69 Å². The van der Waals surface area contributed by atoms with Crippen molar-refractivity contribution < 1.29 is 4.79 Å². The Morgan fingerprint density at radius 3 is 1.95 bits per heavy atom. The van der Waals surface area contributed by atoms with E-state index in [2.05, 4.69) is 5.32 Å². The van der Waals surface area contributed by atoms with E-state index in [0.29, 0.717) is 36.9 Å². The highest BCUT2D eigenvalue weighted by atomic mass is 16.2. The predicted molar refractivity (Wildman–Crippen MR) is 149 cm³/mol. The standard InChI is InChI=1S/C32H34N4O2/c37-30(18-27-25-14-23-13-24(16-25)17-26(27)15-23)33-29-12-11-28-31(34-29)36(20-22-9-5-2-6-10-22)32(38)35(28)19-21-7-3-1-4-8-21/h1-12,23-27H,13-20H2,(H,33,34,37). The van der Waals surface area contributed by atoms with E-state index >= 15 is 0 Å². The average molecular weight is 507 g/mol. The molecule has 38 heavy (non-hydrogen) atoms. The van der Waals surface area contributed by atoms with Gasteiger partial charge in [-0.1, -0.05) is 60.7 Å². The van der Waals surface area contributed by atoms with Crippen LogP contribution in [-0.4, -0.2) is 20.0 Å². The third-order valence-corrected chi connectivity index (χ3v) is 9.34. The highest BCUT2D eigenvalue weighted by Gasteiger charge is 2.48. The summed E-state index contributed by atoms with van der Waals surface area (Å²) in [6, 6.07) is 23.7.